The summed E-state index contributed by atoms with van der Waals surface area (Å²) in [7, 11) is 0. The molecule has 0 unspecified atom stereocenters. The van der Waals surface area contributed by atoms with E-state index in [2.05, 4.69) is 20.3 Å². The fourth-order valence-electron chi connectivity index (χ4n) is 2.33. The smallest absolute Gasteiger partial charge is 0.174 e. The molecule has 19 heavy (non-hydrogen) atoms. The normalized spacial score (nSPS) is 14.6. The Hall–Kier alpha value is -2.56. The average Bonchev–Trinajstić information content (AvgIpc) is 3.18. The third-order valence-corrected chi connectivity index (χ3v) is 3.20. The van der Waals surface area contributed by atoms with Crippen LogP contribution in [-0.4, -0.2) is 28.9 Å². The van der Waals surface area contributed by atoms with Crippen LogP contribution in [-0.2, 0) is 0 Å². The van der Waals surface area contributed by atoms with E-state index in [1.54, 1.807) is 6.26 Å². The van der Waals surface area contributed by atoms with Gasteiger partial charge in [0.05, 0.1) is 18.3 Å². The van der Waals surface area contributed by atoms with E-state index in [1.165, 1.54) is 0 Å². The SMILES string of the molecule is c1coc(-c2nc3c(C4=NCCN4)cccc3[nH]2)c1. The fourth-order valence-corrected chi connectivity index (χ4v) is 2.33. The molecular weight excluding hydrogens is 240 g/mol. The van der Waals surface area contributed by atoms with Crippen molar-refractivity contribution >= 4 is 16.9 Å². The van der Waals surface area contributed by atoms with Crippen LogP contribution in [0, 0.1) is 0 Å². The molecule has 4 rings (SSSR count). The van der Waals surface area contributed by atoms with Gasteiger partial charge in [0.2, 0.25) is 0 Å². The molecule has 1 aliphatic rings. The number of rotatable bonds is 2. The van der Waals surface area contributed by atoms with Crippen molar-refractivity contribution in [1.82, 2.24) is 15.3 Å². The molecule has 0 atom stereocenters. The summed E-state index contributed by atoms with van der Waals surface area (Å²) >= 11 is 0. The largest absolute Gasteiger partial charge is 0.461 e. The molecule has 0 fully saturated rings. The molecule has 1 aliphatic heterocycles. The van der Waals surface area contributed by atoms with Crippen LogP contribution >= 0.6 is 0 Å². The Balaban J connectivity index is 1.91. The van der Waals surface area contributed by atoms with E-state index in [9.17, 15) is 0 Å². The Labute approximate surface area is 109 Å². The Kier molecular flexibility index (Phi) is 2.17. The van der Waals surface area contributed by atoms with E-state index in [0.717, 1.165) is 47.1 Å². The maximum atomic E-state index is 5.37. The van der Waals surface area contributed by atoms with Gasteiger partial charge >= 0.3 is 0 Å². The summed E-state index contributed by atoms with van der Waals surface area (Å²) < 4.78 is 5.37. The number of amidine groups is 1. The minimum absolute atomic E-state index is 0.739. The van der Waals surface area contributed by atoms with Gasteiger partial charge in [0.1, 0.15) is 11.4 Å². The zero-order valence-corrected chi connectivity index (χ0v) is 10.2. The molecular formula is C14H12N4O. The van der Waals surface area contributed by atoms with E-state index in [1.807, 2.05) is 30.3 Å². The first-order chi connectivity index (χ1) is 9.42. The van der Waals surface area contributed by atoms with E-state index in [-0.39, 0.29) is 0 Å². The van der Waals surface area contributed by atoms with Crippen molar-refractivity contribution in [3.05, 3.63) is 42.2 Å². The van der Waals surface area contributed by atoms with Crippen molar-refractivity contribution < 1.29 is 4.42 Å². The van der Waals surface area contributed by atoms with E-state index in [0.29, 0.717) is 0 Å². The van der Waals surface area contributed by atoms with E-state index < -0.39 is 0 Å². The van der Waals surface area contributed by atoms with Crippen LogP contribution in [0.1, 0.15) is 5.56 Å². The number of nitrogens with zero attached hydrogens (tertiary/aromatic N) is 2. The minimum Gasteiger partial charge on any atom is -0.461 e. The Morgan fingerprint density at radius 3 is 2.95 bits per heavy atom. The lowest BCUT2D eigenvalue weighted by Crippen LogP contribution is -2.19. The first-order valence-corrected chi connectivity index (χ1v) is 6.23. The Morgan fingerprint density at radius 1 is 1.16 bits per heavy atom. The van der Waals surface area contributed by atoms with Gasteiger partial charge in [0, 0.05) is 12.1 Å². The number of hydrogen-bond acceptors (Lipinski definition) is 4. The summed E-state index contributed by atoms with van der Waals surface area (Å²) in [4.78, 5) is 12.4. The Morgan fingerprint density at radius 2 is 2.16 bits per heavy atom. The molecule has 5 heteroatoms. The van der Waals surface area contributed by atoms with Crippen LogP contribution in [0.3, 0.4) is 0 Å². The van der Waals surface area contributed by atoms with Gasteiger partial charge in [-0.2, -0.15) is 0 Å². The number of benzene rings is 1. The fraction of sp³-hybridized carbons (Fsp3) is 0.143. The van der Waals surface area contributed by atoms with Crippen molar-refractivity contribution in [2.45, 2.75) is 0 Å². The highest BCUT2D eigenvalue weighted by atomic mass is 16.3. The molecule has 5 nitrogen and oxygen atoms in total. The summed E-state index contributed by atoms with van der Waals surface area (Å²) in [5.41, 5.74) is 2.94. The van der Waals surface area contributed by atoms with Crippen molar-refractivity contribution in [3.8, 4) is 11.6 Å². The van der Waals surface area contributed by atoms with Crippen LogP contribution in [0.5, 0.6) is 0 Å². The van der Waals surface area contributed by atoms with Crippen molar-refractivity contribution in [2.75, 3.05) is 13.1 Å². The van der Waals surface area contributed by atoms with Gasteiger partial charge in [-0.25, -0.2) is 4.98 Å². The molecule has 0 spiro atoms. The molecule has 0 aliphatic carbocycles. The summed E-state index contributed by atoms with van der Waals surface area (Å²) in [6, 6.07) is 9.79. The summed E-state index contributed by atoms with van der Waals surface area (Å²) in [5.74, 6) is 2.40. The number of nitrogens with one attached hydrogen (secondary N) is 2. The van der Waals surface area contributed by atoms with Crippen molar-refractivity contribution in [3.63, 3.8) is 0 Å². The van der Waals surface area contributed by atoms with Gasteiger partial charge in [-0.05, 0) is 24.3 Å². The van der Waals surface area contributed by atoms with Crippen LogP contribution in [0.25, 0.3) is 22.6 Å². The summed E-state index contributed by atoms with van der Waals surface area (Å²) in [6.45, 7) is 1.71. The van der Waals surface area contributed by atoms with Gasteiger partial charge in [0.15, 0.2) is 11.6 Å². The van der Waals surface area contributed by atoms with Gasteiger partial charge in [0.25, 0.3) is 0 Å². The monoisotopic (exact) mass is 252 g/mol. The van der Waals surface area contributed by atoms with Gasteiger partial charge in [-0.1, -0.05) is 6.07 Å². The first-order valence-electron chi connectivity index (χ1n) is 6.23. The molecule has 3 heterocycles. The number of furan rings is 1. The van der Waals surface area contributed by atoms with Crippen molar-refractivity contribution in [2.24, 2.45) is 4.99 Å². The lowest BCUT2D eigenvalue weighted by molar-refractivity contribution is 0.578. The molecule has 2 N–H and O–H groups in total. The van der Waals surface area contributed by atoms with Crippen LogP contribution in [0.15, 0.2) is 46.0 Å². The van der Waals surface area contributed by atoms with Crippen LogP contribution in [0.2, 0.25) is 0 Å². The number of fused-ring (bicyclic) bond motifs is 1. The molecule has 0 radical (unpaired) electrons. The molecule has 0 saturated heterocycles. The first kappa shape index (κ1) is 10.4. The highest BCUT2D eigenvalue weighted by molar-refractivity contribution is 6.08. The second-order valence-electron chi connectivity index (χ2n) is 4.42. The highest BCUT2D eigenvalue weighted by Gasteiger charge is 2.15. The van der Waals surface area contributed by atoms with E-state index >= 15 is 0 Å². The molecule has 2 aromatic heterocycles. The van der Waals surface area contributed by atoms with Crippen LogP contribution < -0.4 is 5.32 Å². The topological polar surface area (TPSA) is 66.2 Å². The molecule has 1 aromatic carbocycles. The summed E-state index contributed by atoms with van der Waals surface area (Å²) in [6.07, 6.45) is 1.64. The number of aliphatic imine (C=N–C) groups is 1. The predicted octanol–water partition coefficient (Wildman–Crippen LogP) is 2.17. The minimum atomic E-state index is 0.739. The molecule has 0 amide bonds. The molecule has 94 valence electrons. The quantitative estimate of drug-likeness (QED) is 0.734. The van der Waals surface area contributed by atoms with Gasteiger partial charge in [-0.15, -0.1) is 0 Å². The van der Waals surface area contributed by atoms with Crippen molar-refractivity contribution in [1.29, 1.82) is 0 Å². The standard InChI is InChI=1S/C14H12N4O/c1-3-9(13-15-6-7-16-13)12-10(4-1)17-14(18-12)11-5-2-8-19-11/h1-5,8H,6-7H2,(H,15,16)(H,17,18). The number of imidazole rings is 1. The molecule has 3 aromatic rings. The number of aromatic amines is 1. The zero-order chi connectivity index (χ0) is 12.7. The predicted molar refractivity (Wildman–Crippen MR) is 73.2 cm³/mol. The number of hydrogen-bond donors (Lipinski definition) is 2. The number of aromatic nitrogens is 2. The van der Waals surface area contributed by atoms with Crippen LogP contribution in [0.4, 0.5) is 0 Å². The lowest BCUT2D eigenvalue weighted by Gasteiger charge is -2.02. The second-order valence-corrected chi connectivity index (χ2v) is 4.42. The third-order valence-electron chi connectivity index (χ3n) is 3.20. The third kappa shape index (κ3) is 1.62. The lowest BCUT2D eigenvalue weighted by atomic mass is 10.1. The van der Waals surface area contributed by atoms with E-state index in [4.69, 9.17) is 4.42 Å². The van der Waals surface area contributed by atoms with Gasteiger partial charge in [-0.3, -0.25) is 4.99 Å². The number of para-hydroxylation sites is 1. The second kappa shape index (κ2) is 3.98. The number of H-pyrrole nitrogens is 1. The highest BCUT2D eigenvalue weighted by Crippen LogP contribution is 2.23. The maximum absolute atomic E-state index is 5.37. The maximum Gasteiger partial charge on any atom is 0.174 e. The molecule has 0 bridgehead atoms. The molecule has 0 saturated carbocycles. The van der Waals surface area contributed by atoms with Gasteiger partial charge < -0.3 is 14.7 Å². The zero-order valence-electron chi connectivity index (χ0n) is 10.2. The summed E-state index contributed by atoms with van der Waals surface area (Å²) in [5, 5.41) is 3.28. The Bertz CT molecular complexity index is 755. The average molecular weight is 252 g/mol.